The van der Waals surface area contributed by atoms with E-state index in [-0.39, 0.29) is 24.2 Å². The first-order valence-corrected chi connectivity index (χ1v) is 10.1. The molecular weight excluding hydrogens is 452 g/mol. The van der Waals surface area contributed by atoms with Crippen LogP contribution in [0.5, 0.6) is 0 Å². The lowest BCUT2D eigenvalue weighted by atomic mass is 10.1. The first-order valence-electron chi connectivity index (χ1n) is 9.71. The van der Waals surface area contributed by atoms with Gasteiger partial charge in [-0.15, -0.1) is 0 Å². The Hall–Kier alpha value is -3.08. The van der Waals surface area contributed by atoms with Crippen molar-refractivity contribution in [1.82, 2.24) is 29.6 Å². The Labute approximate surface area is 185 Å². The van der Waals surface area contributed by atoms with Gasteiger partial charge in [0.05, 0.1) is 22.2 Å². The molecule has 12 heteroatoms. The monoisotopic (exact) mass is 468 g/mol. The van der Waals surface area contributed by atoms with E-state index in [1.165, 1.54) is 28.3 Å². The number of aromatic nitrogens is 5. The Morgan fingerprint density at radius 1 is 1.25 bits per heavy atom. The molecule has 1 fully saturated rings. The van der Waals surface area contributed by atoms with Crippen LogP contribution in [0.4, 0.5) is 17.6 Å². The minimum absolute atomic E-state index is 0.162. The summed E-state index contributed by atoms with van der Waals surface area (Å²) in [5, 5.41) is 3.32. The van der Waals surface area contributed by atoms with Crippen molar-refractivity contribution in [3.63, 3.8) is 0 Å². The van der Waals surface area contributed by atoms with Crippen LogP contribution in [0.1, 0.15) is 47.6 Å². The molecule has 1 unspecified atom stereocenters. The molecule has 1 aromatic carbocycles. The standard InChI is InChI=1S/C20H17ClF4N6O/c1-11(17-28-10-29-31(17)19-26-5-2-6-27-19)30(9-12-3-4-12)18(32)14-7-13(20(23,24)25)8-15(21)16(14)22/h2,5-8,10-12H,3-4,9H2,1H3. The van der Waals surface area contributed by atoms with Crippen LogP contribution in [0.15, 0.2) is 36.9 Å². The van der Waals surface area contributed by atoms with Crippen LogP contribution in [0.2, 0.25) is 5.02 Å². The van der Waals surface area contributed by atoms with Gasteiger partial charge in [-0.2, -0.15) is 23.0 Å². The molecule has 0 spiro atoms. The molecule has 3 aromatic rings. The minimum Gasteiger partial charge on any atom is -0.328 e. The molecule has 0 aliphatic heterocycles. The van der Waals surface area contributed by atoms with Crippen molar-refractivity contribution in [2.24, 2.45) is 5.92 Å². The molecule has 1 amide bonds. The Kier molecular flexibility index (Phi) is 5.85. The molecule has 0 saturated heterocycles. The highest BCUT2D eigenvalue weighted by Crippen LogP contribution is 2.36. The van der Waals surface area contributed by atoms with E-state index >= 15 is 0 Å². The number of nitrogens with zero attached hydrogens (tertiary/aromatic N) is 6. The second-order valence-electron chi connectivity index (χ2n) is 7.47. The molecule has 1 aliphatic rings. The lowest BCUT2D eigenvalue weighted by Gasteiger charge is -2.29. The maximum Gasteiger partial charge on any atom is 0.416 e. The first-order chi connectivity index (χ1) is 15.2. The maximum absolute atomic E-state index is 14.7. The van der Waals surface area contributed by atoms with Gasteiger partial charge in [0.25, 0.3) is 11.9 Å². The number of halogens is 5. The Morgan fingerprint density at radius 3 is 2.56 bits per heavy atom. The number of alkyl halides is 3. The summed E-state index contributed by atoms with van der Waals surface area (Å²) in [6.07, 6.45) is 1.19. The van der Waals surface area contributed by atoms with E-state index in [4.69, 9.17) is 11.6 Å². The lowest BCUT2D eigenvalue weighted by molar-refractivity contribution is -0.137. The molecule has 2 heterocycles. The Bertz CT molecular complexity index is 1130. The summed E-state index contributed by atoms with van der Waals surface area (Å²) >= 11 is 5.69. The molecular formula is C20H17ClF4N6O. The fraction of sp³-hybridized carbons (Fsp3) is 0.350. The van der Waals surface area contributed by atoms with E-state index in [0.717, 1.165) is 12.8 Å². The smallest absolute Gasteiger partial charge is 0.328 e. The zero-order chi connectivity index (χ0) is 23.0. The lowest BCUT2D eigenvalue weighted by Crippen LogP contribution is -2.37. The van der Waals surface area contributed by atoms with Crippen LogP contribution < -0.4 is 0 Å². The summed E-state index contributed by atoms with van der Waals surface area (Å²) < 4.78 is 55.7. The molecule has 1 aliphatic carbocycles. The van der Waals surface area contributed by atoms with Gasteiger partial charge in [-0.05, 0) is 43.9 Å². The predicted molar refractivity (Wildman–Crippen MR) is 106 cm³/mol. The van der Waals surface area contributed by atoms with Crippen LogP contribution in [0.25, 0.3) is 5.95 Å². The van der Waals surface area contributed by atoms with Crippen LogP contribution in [0.3, 0.4) is 0 Å². The third-order valence-electron chi connectivity index (χ3n) is 5.16. The van der Waals surface area contributed by atoms with E-state index in [0.29, 0.717) is 12.1 Å². The SMILES string of the molecule is CC(c1ncnn1-c1ncccn1)N(CC1CC1)C(=O)c1cc(C(F)(F)F)cc(Cl)c1F. The summed E-state index contributed by atoms with van der Waals surface area (Å²) in [5.74, 6) is -1.47. The molecule has 1 atom stereocenters. The second-order valence-corrected chi connectivity index (χ2v) is 7.88. The van der Waals surface area contributed by atoms with Crippen molar-refractivity contribution in [1.29, 1.82) is 0 Å². The fourth-order valence-electron chi connectivity index (χ4n) is 3.29. The molecule has 2 aromatic heterocycles. The van der Waals surface area contributed by atoms with Crippen molar-refractivity contribution in [3.05, 3.63) is 64.7 Å². The van der Waals surface area contributed by atoms with Crippen molar-refractivity contribution in [2.75, 3.05) is 6.54 Å². The average molecular weight is 469 g/mol. The maximum atomic E-state index is 14.7. The van der Waals surface area contributed by atoms with Gasteiger partial charge in [0.1, 0.15) is 6.33 Å². The summed E-state index contributed by atoms with van der Waals surface area (Å²) in [5.41, 5.74) is -1.95. The topological polar surface area (TPSA) is 76.8 Å². The fourth-order valence-corrected chi connectivity index (χ4v) is 3.51. The molecule has 1 saturated carbocycles. The van der Waals surface area contributed by atoms with E-state index in [9.17, 15) is 22.4 Å². The van der Waals surface area contributed by atoms with Gasteiger partial charge in [-0.3, -0.25) is 4.79 Å². The third-order valence-corrected chi connectivity index (χ3v) is 5.43. The van der Waals surface area contributed by atoms with E-state index in [1.54, 1.807) is 13.0 Å². The summed E-state index contributed by atoms with van der Waals surface area (Å²) in [6.45, 7) is 1.85. The third kappa shape index (κ3) is 4.43. The number of amides is 1. The van der Waals surface area contributed by atoms with Gasteiger partial charge >= 0.3 is 6.18 Å². The number of carbonyl (C=O) groups is 1. The zero-order valence-corrected chi connectivity index (χ0v) is 17.5. The number of hydrogen-bond donors (Lipinski definition) is 0. The highest BCUT2D eigenvalue weighted by molar-refractivity contribution is 6.31. The van der Waals surface area contributed by atoms with Gasteiger partial charge in [0.15, 0.2) is 11.6 Å². The van der Waals surface area contributed by atoms with Gasteiger partial charge < -0.3 is 4.90 Å². The van der Waals surface area contributed by atoms with Crippen LogP contribution in [-0.4, -0.2) is 42.1 Å². The average Bonchev–Trinajstić information content (AvgIpc) is 3.45. The Balaban J connectivity index is 1.74. The zero-order valence-electron chi connectivity index (χ0n) is 16.7. The minimum atomic E-state index is -4.79. The van der Waals surface area contributed by atoms with Crippen molar-refractivity contribution >= 4 is 17.5 Å². The highest BCUT2D eigenvalue weighted by Gasteiger charge is 2.37. The van der Waals surface area contributed by atoms with Gasteiger partial charge in [0, 0.05) is 18.9 Å². The quantitative estimate of drug-likeness (QED) is 0.498. The molecule has 4 rings (SSSR count). The summed E-state index contributed by atoms with van der Waals surface area (Å²) in [7, 11) is 0. The molecule has 0 bridgehead atoms. The van der Waals surface area contributed by atoms with Crippen LogP contribution in [0, 0.1) is 11.7 Å². The van der Waals surface area contributed by atoms with E-state index in [2.05, 4.69) is 20.1 Å². The highest BCUT2D eigenvalue weighted by atomic mass is 35.5. The van der Waals surface area contributed by atoms with Crippen molar-refractivity contribution in [3.8, 4) is 5.95 Å². The molecule has 0 N–H and O–H groups in total. The number of rotatable bonds is 6. The Morgan fingerprint density at radius 2 is 1.94 bits per heavy atom. The van der Waals surface area contributed by atoms with Crippen molar-refractivity contribution in [2.45, 2.75) is 32.0 Å². The number of benzene rings is 1. The normalized spacial score (nSPS) is 14.9. The number of hydrogen-bond acceptors (Lipinski definition) is 5. The summed E-state index contributed by atoms with van der Waals surface area (Å²) in [4.78, 5) is 27.0. The second kappa shape index (κ2) is 8.45. The molecule has 7 nitrogen and oxygen atoms in total. The molecule has 0 radical (unpaired) electrons. The number of carbonyl (C=O) groups excluding carboxylic acids is 1. The van der Waals surface area contributed by atoms with Gasteiger partial charge in [-0.25, -0.2) is 19.3 Å². The molecule has 168 valence electrons. The predicted octanol–water partition coefficient (Wildman–Crippen LogP) is 4.48. The summed E-state index contributed by atoms with van der Waals surface area (Å²) in [6, 6.07) is 1.81. The van der Waals surface area contributed by atoms with Gasteiger partial charge in [-0.1, -0.05) is 11.6 Å². The van der Waals surface area contributed by atoms with Gasteiger partial charge in [0.2, 0.25) is 0 Å². The largest absolute Gasteiger partial charge is 0.416 e. The van der Waals surface area contributed by atoms with Crippen LogP contribution in [-0.2, 0) is 6.18 Å². The molecule has 32 heavy (non-hydrogen) atoms. The van der Waals surface area contributed by atoms with E-state index in [1.807, 2.05) is 0 Å². The van der Waals surface area contributed by atoms with E-state index < -0.39 is 40.1 Å². The van der Waals surface area contributed by atoms with Crippen molar-refractivity contribution < 1.29 is 22.4 Å². The van der Waals surface area contributed by atoms with Crippen LogP contribution >= 0.6 is 11.6 Å². The first kappa shape index (κ1) is 22.1.